The normalized spacial score (nSPS) is 12.0. The van der Waals surface area contributed by atoms with Crippen molar-refractivity contribution in [2.45, 2.75) is 6.42 Å². The van der Waals surface area contributed by atoms with Gasteiger partial charge < -0.3 is 19.5 Å². The zero-order valence-electron chi connectivity index (χ0n) is 11.6. The molecule has 5 nitrogen and oxygen atoms in total. The van der Waals surface area contributed by atoms with Crippen LogP contribution in [-0.2, 0) is 11.2 Å². The van der Waals surface area contributed by atoms with E-state index in [0.29, 0.717) is 22.9 Å². The molecule has 0 unspecified atom stereocenters. The van der Waals surface area contributed by atoms with Crippen LogP contribution in [0.3, 0.4) is 0 Å². The second-order valence-electron chi connectivity index (χ2n) is 4.61. The molecule has 2 aromatic rings. The van der Waals surface area contributed by atoms with Crippen molar-refractivity contribution in [3.8, 4) is 17.2 Å². The Morgan fingerprint density at radius 2 is 2.10 bits per heavy atom. The van der Waals surface area contributed by atoms with Crippen LogP contribution in [0.1, 0.15) is 5.56 Å². The lowest BCUT2D eigenvalue weighted by Gasteiger charge is -2.08. The van der Waals surface area contributed by atoms with Gasteiger partial charge in [-0.25, -0.2) is 0 Å². The predicted molar refractivity (Wildman–Crippen MR) is 77.9 cm³/mol. The Morgan fingerprint density at radius 1 is 1.24 bits per heavy atom. The maximum Gasteiger partial charge on any atom is 0.231 e. The van der Waals surface area contributed by atoms with Crippen LogP contribution in [0, 0.1) is 0 Å². The number of rotatable bonds is 4. The van der Waals surface area contributed by atoms with Crippen LogP contribution in [0.15, 0.2) is 42.5 Å². The Balaban J connectivity index is 1.71. The number of nitrogens with one attached hydrogen (secondary N) is 1. The molecule has 0 bridgehead atoms. The molecule has 0 atom stereocenters. The molecule has 0 saturated carbocycles. The molecular weight excluding hydrogens is 270 g/mol. The second kappa shape index (κ2) is 5.75. The molecule has 1 heterocycles. The largest absolute Gasteiger partial charge is 0.497 e. The number of anilines is 1. The van der Waals surface area contributed by atoms with Crippen LogP contribution in [0.25, 0.3) is 0 Å². The fourth-order valence-electron chi connectivity index (χ4n) is 2.21. The Labute approximate surface area is 122 Å². The SMILES string of the molecule is COc1cccc(NC(=O)Cc2cccc3c2OCO3)c1. The van der Waals surface area contributed by atoms with Gasteiger partial charge in [-0.05, 0) is 18.2 Å². The van der Waals surface area contributed by atoms with Gasteiger partial charge in [0.15, 0.2) is 11.5 Å². The van der Waals surface area contributed by atoms with Crippen molar-refractivity contribution in [1.29, 1.82) is 0 Å². The molecule has 0 radical (unpaired) electrons. The summed E-state index contributed by atoms with van der Waals surface area (Å²) in [6.07, 6.45) is 0.226. The first kappa shape index (κ1) is 13.3. The maximum absolute atomic E-state index is 12.1. The molecule has 3 rings (SSSR count). The highest BCUT2D eigenvalue weighted by Gasteiger charge is 2.18. The molecule has 0 saturated heterocycles. The van der Waals surface area contributed by atoms with E-state index in [9.17, 15) is 4.79 Å². The number of methoxy groups -OCH3 is 1. The van der Waals surface area contributed by atoms with Crippen LogP contribution < -0.4 is 19.5 Å². The first-order valence-electron chi connectivity index (χ1n) is 6.57. The molecule has 0 aliphatic carbocycles. The molecule has 1 amide bonds. The van der Waals surface area contributed by atoms with Crippen LogP contribution >= 0.6 is 0 Å². The lowest BCUT2D eigenvalue weighted by atomic mass is 10.1. The minimum atomic E-state index is -0.118. The van der Waals surface area contributed by atoms with Crippen molar-refractivity contribution < 1.29 is 19.0 Å². The lowest BCUT2D eigenvalue weighted by Crippen LogP contribution is -2.14. The molecule has 108 valence electrons. The number of carbonyl (C=O) groups is 1. The Hall–Kier alpha value is -2.69. The third kappa shape index (κ3) is 2.91. The van der Waals surface area contributed by atoms with Crippen LogP contribution in [0.2, 0.25) is 0 Å². The number of para-hydroxylation sites is 1. The van der Waals surface area contributed by atoms with Gasteiger partial charge in [-0.15, -0.1) is 0 Å². The topological polar surface area (TPSA) is 56.8 Å². The average Bonchev–Trinajstić information content (AvgIpc) is 2.97. The van der Waals surface area contributed by atoms with Gasteiger partial charge in [-0.2, -0.15) is 0 Å². The quantitative estimate of drug-likeness (QED) is 0.938. The van der Waals surface area contributed by atoms with Gasteiger partial charge in [0, 0.05) is 17.3 Å². The highest BCUT2D eigenvalue weighted by atomic mass is 16.7. The molecule has 0 spiro atoms. The molecular formula is C16H15NO4. The third-order valence-electron chi connectivity index (χ3n) is 3.18. The Morgan fingerprint density at radius 3 is 2.95 bits per heavy atom. The maximum atomic E-state index is 12.1. The summed E-state index contributed by atoms with van der Waals surface area (Å²) >= 11 is 0. The molecule has 21 heavy (non-hydrogen) atoms. The van der Waals surface area contributed by atoms with E-state index in [1.807, 2.05) is 36.4 Å². The van der Waals surface area contributed by atoms with Gasteiger partial charge in [0.1, 0.15) is 5.75 Å². The number of ether oxygens (including phenoxy) is 3. The zero-order chi connectivity index (χ0) is 14.7. The monoisotopic (exact) mass is 285 g/mol. The van der Waals surface area contributed by atoms with Gasteiger partial charge in [0.05, 0.1) is 13.5 Å². The van der Waals surface area contributed by atoms with Crippen molar-refractivity contribution in [3.05, 3.63) is 48.0 Å². The van der Waals surface area contributed by atoms with Gasteiger partial charge in [0.2, 0.25) is 12.7 Å². The number of benzene rings is 2. The molecule has 1 N–H and O–H groups in total. The minimum Gasteiger partial charge on any atom is -0.497 e. The molecule has 0 aromatic heterocycles. The van der Waals surface area contributed by atoms with Gasteiger partial charge in [0.25, 0.3) is 0 Å². The highest BCUT2D eigenvalue weighted by Crippen LogP contribution is 2.35. The molecule has 1 aliphatic rings. The standard InChI is InChI=1S/C16H15NO4/c1-19-13-6-3-5-12(9-13)17-15(18)8-11-4-2-7-14-16(11)21-10-20-14/h2-7,9H,8,10H2,1H3,(H,17,18). The van der Waals surface area contributed by atoms with Crippen LogP contribution in [-0.4, -0.2) is 19.8 Å². The summed E-state index contributed by atoms with van der Waals surface area (Å²) in [6, 6.07) is 12.8. The van der Waals surface area contributed by atoms with Crippen LogP contribution in [0.4, 0.5) is 5.69 Å². The fraction of sp³-hybridized carbons (Fsp3) is 0.188. The molecule has 2 aromatic carbocycles. The third-order valence-corrected chi connectivity index (χ3v) is 3.18. The van der Waals surface area contributed by atoms with E-state index >= 15 is 0 Å². The van der Waals surface area contributed by atoms with Crippen molar-refractivity contribution in [2.75, 3.05) is 19.2 Å². The van der Waals surface area contributed by atoms with Gasteiger partial charge >= 0.3 is 0 Å². The van der Waals surface area contributed by atoms with Crippen molar-refractivity contribution >= 4 is 11.6 Å². The Bertz CT molecular complexity index is 669. The number of carbonyl (C=O) groups excluding carboxylic acids is 1. The molecule has 0 fully saturated rings. The summed E-state index contributed by atoms with van der Waals surface area (Å²) in [5.74, 6) is 1.91. The van der Waals surface area contributed by atoms with Crippen molar-refractivity contribution in [2.24, 2.45) is 0 Å². The predicted octanol–water partition coefficient (Wildman–Crippen LogP) is 2.61. The molecule has 1 aliphatic heterocycles. The summed E-state index contributed by atoms with van der Waals surface area (Å²) in [4.78, 5) is 12.1. The van der Waals surface area contributed by atoms with E-state index < -0.39 is 0 Å². The van der Waals surface area contributed by atoms with E-state index in [1.165, 1.54) is 0 Å². The van der Waals surface area contributed by atoms with Gasteiger partial charge in [-0.3, -0.25) is 4.79 Å². The summed E-state index contributed by atoms with van der Waals surface area (Å²) in [7, 11) is 1.59. The van der Waals surface area contributed by atoms with Crippen molar-refractivity contribution in [3.63, 3.8) is 0 Å². The summed E-state index contributed by atoms with van der Waals surface area (Å²) in [5, 5.41) is 2.84. The number of hydrogen-bond donors (Lipinski definition) is 1. The van der Waals surface area contributed by atoms with E-state index in [1.54, 1.807) is 13.2 Å². The van der Waals surface area contributed by atoms with Crippen LogP contribution in [0.5, 0.6) is 17.2 Å². The highest BCUT2D eigenvalue weighted by molar-refractivity contribution is 5.93. The first-order valence-corrected chi connectivity index (χ1v) is 6.57. The van der Waals surface area contributed by atoms with Crippen molar-refractivity contribution in [1.82, 2.24) is 0 Å². The second-order valence-corrected chi connectivity index (χ2v) is 4.61. The number of fused-ring (bicyclic) bond motifs is 1. The first-order chi connectivity index (χ1) is 10.3. The Kier molecular flexibility index (Phi) is 3.64. The number of amides is 1. The smallest absolute Gasteiger partial charge is 0.231 e. The van der Waals surface area contributed by atoms with E-state index in [2.05, 4.69) is 5.32 Å². The van der Waals surface area contributed by atoms with Gasteiger partial charge in [-0.1, -0.05) is 18.2 Å². The summed E-state index contributed by atoms with van der Waals surface area (Å²) < 4.78 is 15.8. The lowest BCUT2D eigenvalue weighted by molar-refractivity contribution is -0.115. The number of hydrogen-bond acceptors (Lipinski definition) is 4. The van der Waals surface area contributed by atoms with E-state index in [-0.39, 0.29) is 19.1 Å². The summed E-state index contributed by atoms with van der Waals surface area (Å²) in [5.41, 5.74) is 1.51. The zero-order valence-corrected chi connectivity index (χ0v) is 11.6. The van der Waals surface area contributed by atoms with E-state index in [0.717, 1.165) is 5.56 Å². The average molecular weight is 285 g/mol. The fourth-order valence-corrected chi connectivity index (χ4v) is 2.21. The molecule has 5 heteroatoms. The minimum absolute atomic E-state index is 0.118. The van der Waals surface area contributed by atoms with E-state index in [4.69, 9.17) is 14.2 Å². The summed E-state index contributed by atoms with van der Waals surface area (Å²) in [6.45, 7) is 0.198.